The van der Waals surface area contributed by atoms with E-state index in [1.807, 2.05) is 41.9 Å². The molecule has 1 aromatic carbocycles. The highest BCUT2D eigenvalue weighted by atomic mass is 32.1. The van der Waals surface area contributed by atoms with Gasteiger partial charge in [0.05, 0.1) is 6.10 Å². The maximum atomic E-state index is 11.8. The van der Waals surface area contributed by atoms with E-state index in [1.165, 1.54) is 16.9 Å². The minimum atomic E-state index is -0.645. The lowest BCUT2D eigenvalue weighted by Gasteiger charge is -2.09. The molecule has 1 atom stereocenters. The van der Waals surface area contributed by atoms with Crippen LogP contribution in [0.5, 0.6) is 0 Å². The van der Waals surface area contributed by atoms with Crippen LogP contribution in [0, 0.1) is 0 Å². The first-order valence-corrected chi connectivity index (χ1v) is 8.28. The Morgan fingerprint density at radius 2 is 2.09 bits per heavy atom. The third-order valence-corrected chi connectivity index (χ3v) is 4.13. The van der Waals surface area contributed by atoms with E-state index in [0.717, 1.165) is 24.0 Å². The fourth-order valence-electron chi connectivity index (χ4n) is 2.11. The zero-order valence-electron chi connectivity index (χ0n) is 12.7. The molecule has 22 heavy (non-hydrogen) atoms. The van der Waals surface area contributed by atoms with Crippen LogP contribution in [-0.2, 0) is 11.2 Å². The molecule has 0 aliphatic heterocycles. The minimum Gasteiger partial charge on any atom is -0.387 e. The van der Waals surface area contributed by atoms with Crippen LogP contribution in [0.1, 0.15) is 30.6 Å². The average molecular weight is 315 g/mol. The molecule has 1 amide bonds. The van der Waals surface area contributed by atoms with Gasteiger partial charge in [-0.3, -0.25) is 4.79 Å². The van der Waals surface area contributed by atoms with E-state index in [2.05, 4.69) is 17.4 Å². The molecule has 0 fully saturated rings. The molecule has 1 unspecified atom stereocenters. The van der Waals surface area contributed by atoms with Crippen molar-refractivity contribution < 1.29 is 9.90 Å². The monoisotopic (exact) mass is 315 g/mol. The summed E-state index contributed by atoms with van der Waals surface area (Å²) in [6.45, 7) is 2.19. The van der Waals surface area contributed by atoms with Gasteiger partial charge < -0.3 is 10.4 Å². The predicted octanol–water partition coefficient (Wildman–Crippen LogP) is 3.48. The van der Waals surface area contributed by atoms with Crippen LogP contribution in [0.25, 0.3) is 0 Å². The summed E-state index contributed by atoms with van der Waals surface area (Å²) in [4.78, 5) is 11.8. The van der Waals surface area contributed by atoms with E-state index >= 15 is 0 Å². The van der Waals surface area contributed by atoms with Crippen LogP contribution in [0.4, 0.5) is 0 Å². The Hall–Kier alpha value is -1.91. The van der Waals surface area contributed by atoms with Crippen molar-refractivity contribution >= 4 is 17.2 Å². The topological polar surface area (TPSA) is 49.3 Å². The normalized spacial score (nSPS) is 12.9. The maximum Gasteiger partial charge on any atom is 0.244 e. The fraction of sp³-hybridized carbons (Fsp3) is 0.278. The Morgan fingerprint density at radius 1 is 1.32 bits per heavy atom. The second-order valence-electron chi connectivity index (χ2n) is 5.29. The number of rotatable bonds is 7. The number of nitrogens with one attached hydrogen (secondary N) is 1. The Bertz CT molecular complexity index is 605. The number of allylic oxidation sites excluding steroid dienone is 1. The van der Waals surface area contributed by atoms with Gasteiger partial charge in [0.15, 0.2) is 0 Å². The first-order valence-electron chi connectivity index (χ1n) is 7.34. The van der Waals surface area contributed by atoms with E-state index in [1.54, 1.807) is 6.08 Å². The van der Waals surface area contributed by atoms with Crippen molar-refractivity contribution in [2.24, 2.45) is 0 Å². The van der Waals surface area contributed by atoms with Gasteiger partial charge in [-0.1, -0.05) is 35.9 Å². The van der Waals surface area contributed by atoms with E-state index in [9.17, 15) is 9.90 Å². The standard InChI is InChI=1S/C18H21NO2S/c1-14(7-8-15-5-3-2-4-6-15)11-18(21)19-12-17(20)16-9-10-22-13-16/h2-6,9-11,13,17,20H,7-8,12H2,1H3,(H,19,21)/b14-11-. The molecule has 2 aromatic rings. The van der Waals surface area contributed by atoms with Crippen LogP contribution in [0.15, 0.2) is 58.8 Å². The SMILES string of the molecule is C/C(=C/C(=O)NCC(O)c1ccsc1)CCc1ccccc1. The van der Waals surface area contributed by atoms with Gasteiger partial charge in [0.2, 0.25) is 5.91 Å². The minimum absolute atomic E-state index is 0.153. The molecule has 0 radical (unpaired) electrons. The lowest BCUT2D eigenvalue weighted by atomic mass is 10.1. The molecule has 0 saturated carbocycles. The number of thiophene rings is 1. The Labute approximate surface area is 135 Å². The van der Waals surface area contributed by atoms with E-state index in [4.69, 9.17) is 0 Å². The highest BCUT2D eigenvalue weighted by molar-refractivity contribution is 7.07. The van der Waals surface area contributed by atoms with Gasteiger partial charge in [-0.05, 0) is 47.7 Å². The number of amides is 1. The number of aliphatic hydroxyl groups is 1. The number of aryl methyl sites for hydroxylation is 1. The lowest BCUT2D eigenvalue weighted by Crippen LogP contribution is -2.26. The molecule has 0 bridgehead atoms. The third-order valence-electron chi connectivity index (χ3n) is 3.43. The van der Waals surface area contributed by atoms with Crippen LogP contribution in [0.3, 0.4) is 0 Å². The molecule has 1 aromatic heterocycles. The molecule has 0 aliphatic rings. The van der Waals surface area contributed by atoms with Crippen LogP contribution in [0.2, 0.25) is 0 Å². The predicted molar refractivity (Wildman–Crippen MR) is 90.8 cm³/mol. The van der Waals surface area contributed by atoms with Gasteiger partial charge in [-0.15, -0.1) is 0 Å². The van der Waals surface area contributed by atoms with Crippen molar-refractivity contribution in [2.45, 2.75) is 25.9 Å². The van der Waals surface area contributed by atoms with E-state index in [-0.39, 0.29) is 12.5 Å². The van der Waals surface area contributed by atoms with Crippen LogP contribution >= 0.6 is 11.3 Å². The zero-order chi connectivity index (χ0) is 15.8. The summed E-state index contributed by atoms with van der Waals surface area (Å²) in [6.07, 6.45) is 2.75. The van der Waals surface area contributed by atoms with E-state index < -0.39 is 6.10 Å². The first-order chi connectivity index (χ1) is 10.6. The third kappa shape index (κ3) is 5.47. The second kappa shape index (κ2) is 8.51. The van der Waals surface area contributed by atoms with Gasteiger partial charge in [0.25, 0.3) is 0 Å². The van der Waals surface area contributed by atoms with Crippen molar-refractivity contribution in [1.82, 2.24) is 5.32 Å². The van der Waals surface area contributed by atoms with E-state index in [0.29, 0.717) is 0 Å². The summed E-state index contributed by atoms with van der Waals surface area (Å²) in [6, 6.07) is 12.1. The average Bonchev–Trinajstić information content (AvgIpc) is 3.06. The molecular weight excluding hydrogens is 294 g/mol. The van der Waals surface area contributed by atoms with Crippen molar-refractivity contribution in [2.75, 3.05) is 6.54 Å². The quantitative estimate of drug-likeness (QED) is 0.769. The summed E-state index contributed by atoms with van der Waals surface area (Å²) in [5.41, 5.74) is 3.14. The number of carbonyl (C=O) groups excluding carboxylic acids is 1. The van der Waals surface area contributed by atoms with Gasteiger partial charge in [-0.2, -0.15) is 11.3 Å². The summed E-state index contributed by atoms with van der Waals surface area (Å²) < 4.78 is 0. The summed E-state index contributed by atoms with van der Waals surface area (Å²) in [7, 11) is 0. The van der Waals surface area contributed by atoms with Gasteiger partial charge >= 0.3 is 0 Å². The van der Waals surface area contributed by atoms with Crippen molar-refractivity contribution in [3.63, 3.8) is 0 Å². The van der Waals surface area contributed by atoms with Gasteiger partial charge in [0.1, 0.15) is 0 Å². The van der Waals surface area contributed by atoms with Crippen LogP contribution in [-0.4, -0.2) is 17.6 Å². The maximum absolute atomic E-state index is 11.8. The molecule has 1 heterocycles. The molecule has 2 N–H and O–H groups in total. The van der Waals surface area contributed by atoms with Crippen molar-refractivity contribution in [3.8, 4) is 0 Å². The molecular formula is C18H21NO2S. The number of hydrogen-bond donors (Lipinski definition) is 2. The highest BCUT2D eigenvalue weighted by Gasteiger charge is 2.08. The smallest absolute Gasteiger partial charge is 0.244 e. The Morgan fingerprint density at radius 3 is 2.77 bits per heavy atom. The summed E-state index contributed by atoms with van der Waals surface area (Å²) in [5.74, 6) is -0.153. The Balaban J connectivity index is 1.75. The number of aliphatic hydroxyl groups excluding tert-OH is 1. The zero-order valence-corrected chi connectivity index (χ0v) is 13.5. The van der Waals surface area contributed by atoms with Crippen molar-refractivity contribution in [1.29, 1.82) is 0 Å². The van der Waals surface area contributed by atoms with Gasteiger partial charge in [0, 0.05) is 12.6 Å². The fourth-order valence-corrected chi connectivity index (χ4v) is 2.82. The molecule has 0 aliphatic carbocycles. The molecule has 4 heteroatoms. The molecule has 2 rings (SSSR count). The Kier molecular flexibility index (Phi) is 6.37. The first kappa shape index (κ1) is 16.5. The van der Waals surface area contributed by atoms with Gasteiger partial charge in [-0.25, -0.2) is 0 Å². The molecule has 0 spiro atoms. The van der Waals surface area contributed by atoms with Crippen molar-refractivity contribution in [3.05, 3.63) is 69.9 Å². The highest BCUT2D eigenvalue weighted by Crippen LogP contribution is 2.15. The molecule has 116 valence electrons. The number of benzene rings is 1. The number of carbonyl (C=O) groups is 1. The second-order valence-corrected chi connectivity index (χ2v) is 6.07. The lowest BCUT2D eigenvalue weighted by molar-refractivity contribution is -0.117. The molecule has 3 nitrogen and oxygen atoms in total. The summed E-state index contributed by atoms with van der Waals surface area (Å²) >= 11 is 1.53. The number of hydrogen-bond acceptors (Lipinski definition) is 3. The summed E-state index contributed by atoms with van der Waals surface area (Å²) in [5, 5.41) is 16.5. The molecule has 0 saturated heterocycles. The van der Waals surface area contributed by atoms with Crippen LogP contribution < -0.4 is 5.32 Å². The largest absolute Gasteiger partial charge is 0.387 e.